The minimum absolute atomic E-state index is 0.267. The largest absolute Gasteiger partial charge is 0.364 e. The Balaban J connectivity index is 1.91. The second kappa shape index (κ2) is 6.98. The van der Waals surface area contributed by atoms with Crippen LogP contribution in [0.2, 0.25) is 0 Å². The van der Waals surface area contributed by atoms with E-state index in [2.05, 4.69) is 32.4 Å². The van der Waals surface area contributed by atoms with Crippen molar-refractivity contribution < 1.29 is 4.79 Å². The molecular weight excluding hydrogens is 254 g/mol. The van der Waals surface area contributed by atoms with Crippen molar-refractivity contribution in [2.45, 2.75) is 6.54 Å². The van der Waals surface area contributed by atoms with Gasteiger partial charge in [-0.1, -0.05) is 12.1 Å². The first-order chi connectivity index (χ1) is 9.79. The van der Waals surface area contributed by atoms with E-state index in [1.165, 1.54) is 0 Å². The summed E-state index contributed by atoms with van der Waals surface area (Å²) in [5.74, 6) is 0.338. The molecule has 6 heteroatoms. The minimum atomic E-state index is -0.267. The molecule has 0 spiro atoms. The number of aromatic nitrogens is 3. The molecule has 6 nitrogen and oxygen atoms in total. The third-order valence-corrected chi connectivity index (χ3v) is 2.50. The molecule has 0 aliphatic heterocycles. The maximum absolute atomic E-state index is 11.6. The van der Waals surface area contributed by atoms with Gasteiger partial charge in [-0.25, -0.2) is 0 Å². The van der Waals surface area contributed by atoms with E-state index in [9.17, 15) is 4.79 Å². The predicted molar refractivity (Wildman–Crippen MR) is 76.1 cm³/mol. The highest BCUT2D eigenvalue weighted by Gasteiger charge is 2.06. The average Bonchev–Trinajstić information content (AvgIpc) is 2.52. The lowest BCUT2D eigenvalue weighted by atomic mass is 10.3. The molecule has 0 aliphatic rings. The Hall–Kier alpha value is -2.76. The average molecular weight is 269 g/mol. The topological polar surface area (TPSA) is 79.8 Å². The molecule has 0 saturated carbocycles. The zero-order valence-electron chi connectivity index (χ0n) is 10.9. The monoisotopic (exact) mass is 269 g/mol. The Morgan fingerprint density at radius 1 is 1.30 bits per heavy atom. The lowest BCUT2D eigenvalue weighted by molar-refractivity contribution is 0.0952. The van der Waals surface area contributed by atoms with Gasteiger partial charge in [-0.15, -0.1) is 16.8 Å². The number of carbonyl (C=O) groups is 1. The molecule has 2 rings (SSSR count). The molecule has 2 heterocycles. The molecule has 0 atom stereocenters. The highest BCUT2D eigenvalue weighted by molar-refractivity contribution is 5.92. The molecule has 20 heavy (non-hydrogen) atoms. The van der Waals surface area contributed by atoms with Crippen molar-refractivity contribution >= 4 is 11.7 Å². The van der Waals surface area contributed by atoms with E-state index in [0.29, 0.717) is 18.9 Å². The van der Waals surface area contributed by atoms with Gasteiger partial charge in [0.1, 0.15) is 5.82 Å². The van der Waals surface area contributed by atoms with Crippen molar-refractivity contribution in [2.24, 2.45) is 0 Å². The van der Waals surface area contributed by atoms with Crippen molar-refractivity contribution in [1.82, 2.24) is 20.5 Å². The van der Waals surface area contributed by atoms with E-state index in [0.717, 1.165) is 5.56 Å². The number of hydrogen-bond donors (Lipinski definition) is 2. The van der Waals surface area contributed by atoms with E-state index in [4.69, 9.17) is 0 Å². The second-order valence-electron chi connectivity index (χ2n) is 4.02. The Bertz CT molecular complexity index is 568. The van der Waals surface area contributed by atoms with Gasteiger partial charge in [-0.05, 0) is 23.8 Å². The van der Waals surface area contributed by atoms with Crippen LogP contribution in [0, 0.1) is 0 Å². The summed E-state index contributed by atoms with van der Waals surface area (Å²) in [6.45, 7) is 4.53. The minimum Gasteiger partial charge on any atom is -0.364 e. The maximum Gasteiger partial charge on any atom is 0.272 e. The highest BCUT2D eigenvalue weighted by Crippen LogP contribution is 2.05. The smallest absolute Gasteiger partial charge is 0.272 e. The lowest BCUT2D eigenvalue weighted by Crippen LogP contribution is -2.24. The molecule has 0 aliphatic carbocycles. The fraction of sp³-hybridized carbons (Fsp3) is 0.143. The van der Waals surface area contributed by atoms with Crippen LogP contribution < -0.4 is 10.6 Å². The van der Waals surface area contributed by atoms with Crippen molar-refractivity contribution in [2.75, 3.05) is 11.9 Å². The van der Waals surface area contributed by atoms with Crippen LogP contribution in [0.3, 0.4) is 0 Å². The third-order valence-electron chi connectivity index (χ3n) is 2.50. The standard InChI is InChI=1S/C14H15N5O/c1-2-7-16-14(20)12-5-6-13(19-18-12)17-10-11-4-3-8-15-9-11/h2-6,8-9H,1,7,10H2,(H,16,20)(H,17,19). The first-order valence-corrected chi connectivity index (χ1v) is 6.15. The normalized spacial score (nSPS) is 9.80. The Kier molecular flexibility index (Phi) is 4.77. The summed E-state index contributed by atoms with van der Waals surface area (Å²) < 4.78 is 0. The predicted octanol–water partition coefficient (Wildman–Crippen LogP) is 1.40. The molecule has 1 amide bonds. The van der Waals surface area contributed by atoms with Crippen molar-refractivity contribution in [1.29, 1.82) is 0 Å². The molecule has 2 aromatic rings. The van der Waals surface area contributed by atoms with Crippen molar-refractivity contribution in [3.63, 3.8) is 0 Å². The molecular formula is C14H15N5O. The van der Waals surface area contributed by atoms with Gasteiger partial charge in [0.05, 0.1) is 0 Å². The first kappa shape index (κ1) is 13.7. The molecule has 0 aromatic carbocycles. The van der Waals surface area contributed by atoms with Crippen molar-refractivity contribution in [3.8, 4) is 0 Å². The Morgan fingerprint density at radius 2 is 2.20 bits per heavy atom. The molecule has 0 saturated heterocycles. The van der Waals surface area contributed by atoms with Crippen LogP contribution in [-0.4, -0.2) is 27.6 Å². The second-order valence-corrected chi connectivity index (χ2v) is 4.02. The quantitative estimate of drug-likeness (QED) is 0.775. The fourth-order valence-electron chi connectivity index (χ4n) is 1.50. The van der Waals surface area contributed by atoms with Gasteiger partial charge in [0, 0.05) is 25.5 Å². The maximum atomic E-state index is 11.6. The first-order valence-electron chi connectivity index (χ1n) is 6.15. The van der Waals surface area contributed by atoms with Crippen LogP contribution in [0.4, 0.5) is 5.82 Å². The van der Waals surface area contributed by atoms with Crippen LogP contribution >= 0.6 is 0 Å². The Labute approximate surface area is 117 Å². The summed E-state index contributed by atoms with van der Waals surface area (Å²) in [5.41, 5.74) is 1.32. The van der Waals surface area contributed by atoms with Crippen LogP contribution in [0.5, 0.6) is 0 Å². The summed E-state index contributed by atoms with van der Waals surface area (Å²) >= 11 is 0. The third kappa shape index (κ3) is 3.88. The zero-order chi connectivity index (χ0) is 14.2. The number of pyridine rings is 1. The van der Waals surface area contributed by atoms with Gasteiger partial charge in [-0.2, -0.15) is 0 Å². The number of carbonyl (C=O) groups excluding carboxylic acids is 1. The highest BCUT2D eigenvalue weighted by atomic mass is 16.1. The van der Waals surface area contributed by atoms with Crippen molar-refractivity contribution in [3.05, 3.63) is 60.6 Å². The van der Waals surface area contributed by atoms with Gasteiger partial charge in [0.25, 0.3) is 5.91 Å². The summed E-state index contributed by atoms with van der Waals surface area (Å²) in [4.78, 5) is 15.6. The van der Waals surface area contributed by atoms with E-state index in [1.807, 2.05) is 12.1 Å². The van der Waals surface area contributed by atoms with Gasteiger partial charge in [0.2, 0.25) is 0 Å². The van der Waals surface area contributed by atoms with Gasteiger partial charge in [-0.3, -0.25) is 9.78 Å². The van der Waals surface area contributed by atoms with Crippen LogP contribution in [0.25, 0.3) is 0 Å². The van der Waals surface area contributed by atoms with E-state index < -0.39 is 0 Å². The molecule has 0 fully saturated rings. The molecule has 0 bridgehead atoms. The summed E-state index contributed by atoms with van der Waals surface area (Å²) in [6.07, 6.45) is 5.10. The molecule has 0 unspecified atom stereocenters. The SMILES string of the molecule is C=CCNC(=O)c1ccc(NCc2cccnc2)nn1. The van der Waals surface area contributed by atoms with Gasteiger partial charge in [0.15, 0.2) is 5.69 Å². The number of hydrogen-bond acceptors (Lipinski definition) is 5. The summed E-state index contributed by atoms with van der Waals surface area (Å²) in [5, 5.41) is 13.6. The number of amides is 1. The fourth-order valence-corrected chi connectivity index (χ4v) is 1.50. The van der Waals surface area contributed by atoms with E-state index >= 15 is 0 Å². The molecule has 2 N–H and O–H groups in total. The summed E-state index contributed by atoms with van der Waals surface area (Å²) in [7, 11) is 0. The van der Waals surface area contributed by atoms with E-state index in [-0.39, 0.29) is 11.6 Å². The molecule has 0 radical (unpaired) electrons. The zero-order valence-corrected chi connectivity index (χ0v) is 10.9. The van der Waals surface area contributed by atoms with Crippen LogP contribution in [-0.2, 0) is 6.54 Å². The number of nitrogens with zero attached hydrogens (tertiary/aromatic N) is 3. The molecule has 102 valence electrons. The van der Waals surface area contributed by atoms with E-state index in [1.54, 1.807) is 30.6 Å². The van der Waals surface area contributed by atoms with Gasteiger partial charge < -0.3 is 10.6 Å². The van der Waals surface area contributed by atoms with Crippen LogP contribution in [0.15, 0.2) is 49.3 Å². The van der Waals surface area contributed by atoms with Crippen LogP contribution in [0.1, 0.15) is 16.1 Å². The molecule has 2 aromatic heterocycles. The number of rotatable bonds is 6. The number of anilines is 1. The number of nitrogens with one attached hydrogen (secondary N) is 2. The Morgan fingerprint density at radius 3 is 2.85 bits per heavy atom. The van der Waals surface area contributed by atoms with Gasteiger partial charge >= 0.3 is 0 Å². The lowest BCUT2D eigenvalue weighted by Gasteiger charge is -2.05. The summed E-state index contributed by atoms with van der Waals surface area (Å²) in [6, 6.07) is 7.17.